The average molecular weight is 340 g/mol. The molecule has 1 saturated carbocycles. The van der Waals surface area contributed by atoms with Crippen LogP contribution in [0.1, 0.15) is 50.2 Å². The van der Waals surface area contributed by atoms with Crippen LogP contribution in [-0.4, -0.2) is 19.8 Å². The van der Waals surface area contributed by atoms with Crippen molar-refractivity contribution in [3.05, 3.63) is 35.9 Å². The van der Waals surface area contributed by atoms with Crippen molar-refractivity contribution in [2.24, 2.45) is 0 Å². The lowest BCUT2D eigenvalue weighted by Gasteiger charge is -2.23. The predicted octanol–water partition coefficient (Wildman–Crippen LogP) is 4.67. The molecular weight excluding hydrogens is 310 g/mol. The highest BCUT2D eigenvalue weighted by molar-refractivity contribution is 5.85. The van der Waals surface area contributed by atoms with Crippen LogP contribution in [0.25, 0.3) is 0 Å². The zero-order valence-electron chi connectivity index (χ0n) is 14.4. The van der Waals surface area contributed by atoms with E-state index >= 15 is 0 Å². The maximum absolute atomic E-state index is 5.77. The Kier molecular flexibility index (Phi) is 9.12. The third-order valence-electron chi connectivity index (χ3n) is 4.26. The highest BCUT2D eigenvalue weighted by Crippen LogP contribution is 2.33. The zero-order valence-corrected chi connectivity index (χ0v) is 15.2. The van der Waals surface area contributed by atoms with Crippen molar-refractivity contribution in [2.45, 2.75) is 58.0 Å². The average Bonchev–Trinajstić information content (AvgIpc) is 2.56. The van der Waals surface area contributed by atoms with Gasteiger partial charge in [-0.1, -0.05) is 31.4 Å². The van der Waals surface area contributed by atoms with E-state index in [1.165, 1.54) is 37.7 Å². The van der Waals surface area contributed by atoms with Gasteiger partial charge in [0.1, 0.15) is 0 Å². The summed E-state index contributed by atoms with van der Waals surface area (Å²) in [7, 11) is 1.70. The molecule has 1 aliphatic carbocycles. The second-order valence-electron chi connectivity index (χ2n) is 5.93. The van der Waals surface area contributed by atoms with Gasteiger partial charge in [0.25, 0.3) is 0 Å². The van der Waals surface area contributed by atoms with Crippen LogP contribution in [0.15, 0.2) is 24.8 Å². The molecule has 0 aliphatic heterocycles. The lowest BCUT2D eigenvalue weighted by Crippen LogP contribution is -2.30. The van der Waals surface area contributed by atoms with Gasteiger partial charge < -0.3 is 14.8 Å². The van der Waals surface area contributed by atoms with Crippen molar-refractivity contribution in [1.29, 1.82) is 0 Å². The molecule has 0 unspecified atom stereocenters. The number of allylic oxidation sites excluding steroid dienone is 1. The van der Waals surface area contributed by atoms with Crippen LogP contribution in [0.4, 0.5) is 0 Å². The fourth-order valence-corrected chi connectivity index (χ4v) is 3.16. The summed E-state index contributed by atoms with van der Waals surface area (Å²) in [6.45, 7) is 7.37. The highest BCUT2D eigenvalue weighted by Gasteiger charge is 2.15. The molecule has 23 heavy (non-hydrogen) atoms. The van der Waals surface area contributed by atoms with Crippen LogP contribution in [-0.2, 0) is 13.0 Å². The minimum absolute atomic E-state index is 0. The van der Waals surface area contributed by atoms with Crippen LogP contribution >= 0.6 is 12.4 Å². The summed E-state index contributed by atoms with van der Waals surface area (Å²) in [6.07, 6.45) is 9.40. The quantitative estimate of drug-likeness (QED) is 0.698. The zero-order chi connectivity index (χ0) is 15.8. The molecule has 0 radical (unpaired) electrons. The Morgan fingerprint density at radius 1 is 1.26 bits per heavy atom. The first-order valence-electron chi connectivity index (χ1n) is 8.45. The normalized spacial score (nSPS) is 14.9. The fourth-order valence-electron chi connectivity index (χ4n) is 3.16. The highest BCUT2D eigenvalue weighted by atomic mass is 35.5. The molecule has 1 aromatic carbocycles. The van der Waals surface area contributed by atoms with Gasteiger partial charge in [0.2, 0.25) is 0 Å². The largest absolute Gasteiger partial charge is 0.493 e. The Balaban J connectivity index is 0.00000264. The van der Waals surface area contributed by atoms with E-state index in [2.05, 4.69) is 24.0 Å². The molecule has 0 amide bonds. The Morgan fingerprint density at radius 2 is 2.00 bits per heavy atom. The van der Waals surface area contributed by atoms with E-state index in [0.29, 0.717) is 12.6 Å². The third-order valence-corrected chi connectivity index (χ3v) is 4.26. The molecule has 1 aliphatic rings. The number of methoxy groups -OCH3 is 1. The second-order valence-corrected chi connectivity index (χ2v) is 5.93. The number of benzene rings is 1. The SMILES string of the molecule is C=CCc1cc(CNC2CCCCC2)cc(OC)c1OCC.Cl. The predicted molar refractivity (Wildman–Crippen MR) is 99.0 cm³/mol. The Hall–Kier alpha value is -1.19. The Morgan fingerprint density at radius 3 is 2.61 bits per heavy atom. The molecule has 130 valence electrons. The molecule has 0 spiro atoms. The van der Waals surface area contributed by atoms with E-state index in [1.807, 2.05) is 13.0 Å². The van der Waals surface area contributed by atoms with E-state index in [4.69, 9.17) is 9.47 Å². The number of rotatable bonds is 8. The van der Waals surface area contributed by atoms with Gasteiger partial charge in [0.15, 0.2) is 11.5 Å². The van der Waals surface area contributed by atoms with Crippen molar-refractivity contribution >= 4 is 12.4 Å². The minimum atomic E-state index is 0. The summed E-state index contributed by atoms with van der Waals surface area (Å²) in [5.74, 6) is 1.67. The molecule has 4 heteroatoms. The minimum Gasteiger partial charge on any atom is -0.493 e. The van der Waals surface area contributed by atoms with E-state index < -0.39 is 0 Å². The molecule has 0 aromatic heterocycles. The molecule has 2 rings (SSSR count). The summed E-state index contributed by atoms with van der Waals surface area (Å²) in [6, 6.07) is 4.97. The van der Waals surface area contributed by atoms with E-state index in [0.717, 1.165) is 30.0 Å². The molecule has 1 N–H and O–H groups in total. The summed E-state index contributed by atoms with van der Waals surface area (Å²) < 4.78 is 11.3. The van der Waals surface area contributed by atoms with Crippen LogP contribution in [0.2, 0.25) is 0 Å². The third kappa shape index (κ3) is 5.74. The number of halogens is 1. The van der Waals surface area contributed by atoms with Crippen molar-refractivity contribution in [2.75, 3.05) is 13.7 Å². The number of ether oxygens (including phenoxy) is 2. The van der Waals surface area contributed by atoms with Crippen molar-refractivity contribution in [1.82, 2.24) is 5.32 Å². The van der Waals surface area contributed by atoms with Gasteiger partial charge in [-0.15, -0.1) is 19.0 Å². The second kappa shape index (κ2) is 10.6. The van der Waals surface area contributed by atoms with E-state index in [1.54, 1.807) is 7.11 Å². The summed E-state index contributed by atoms with van der Waals surface area (Å²) in [5.41, 5.74) is 2.40. The topological polar surface area (TPSA) is 30.5 Å². The molecule has 0 saturated heterocycles. The summed E-state index contributed by atoms with van der Waals surface area (Å²) >= 11 is 0. The van der Waals surface area contributed by atoms with Crippen molar-refractivity contribution in [3.63, 3.8) is 0 Å². The van der Waals surface area contributed by atoms with Gasteiger partial charge in [-0.05, 0) is 37.8 Å². The molecule has 1 aromatic rings. The van der Waals surface area contributed by atoms with Crippen molar-refractivity contribution < 1.29 is 9.47 Å². The maximum atomic E-state index is 5.77. The molecule has 1 fully saturated rings. The molecule has 3 nitrogen and oxygen atoms in total. The molecule has 0 heterocycles. The fraction of sp³-hybridized carbons (Fsp3) is 0.579. The number of hydrogen-bond donors (Lipinski definition) is 1. The monoisotopic (exact) mass is 339 g/mol. The van der Waals surface area contributed by atoms with Crippen LogP contribution in [0, 0.1) is 0 Å². The van der Waals surface area contributed by atoms with Crippen LogP contribution < -0.4 is 14.8 Å². The smallest absolute Gasteiger partial charge is 0.164 e. The molecular formula is C19H30ClNO2. The standard InChI is InChI=1S/C19H29NO2.ClH/c1-4-9-16-12-15(13-18(21-3)19(16)22-5-2)14-20-17-10-7-6-8-11-17;/h4,12-13,17,20H,1,5-11,14H2,2-3H3;1H. The van der Waals surface area contributed by atoms with Crippen molar-refractivity contribution in [3.8, 4) is 11.5 Å². The van der Waals surface area contributed by atoms with Gasteiger partial charge in [-0.2, -0.15) is 0 Å². The summed E-state index contributed by atoms with van der Waals surface area (Å²) in [4.78, 5) is 0. The van der Waals surface area contributed by atoms with E-state index in [-0.39, 0.29) is 12.4 Å². The van der Waals surface area contributed by atoms with Gasteiger partial charge >= 0.3 is 0 Å². The number of nitrogens with one attached hydrogen (secondary N) is 1. The van der Waals surface area contributed by atoms with Gasteiger partial charge in [0.05, 0.1) is 13.7 Å². The lowest BCUT2D eigenvalue weighted by atomic mass is 9.95. The van der Waals surface area contributed by atoms with Crippen LogP contribution in [0.3, 0.4) is 0 Å². The Labute approximate surface area is 146 Å². The maximum Gasteiger partial charge on any atom is 0.164 e. The summed E-state index contributed by atoms with van der Waals surface area (Å²) in [5, 5.41) is 3.69. The lowest BCUT2D eigenvalue weighted by molar-refractivity contribution is 0.307. The van der Waals surface area contributed by atoms with Gasteiger partial charge in [0, 0.05) is 18.2 Å². The van der Waals surface area contributed by atoms with E-state index in [9.17, 15) is 0 Å². The van der Waals surface area contributed by atoms with Crippen LogP contribution in [0.5, 0.6) is 11.5 Å². The first-order chi connectivity index (χ1) is 10.8. The molecule has 0 bridgehead atoms. The van der Waals surface area contributed by atoms with Gasteiger partial charge in [-0.3, -0.25) is 0 Å². The number of hydrogen-bond acceptors (Lipinski definition) is 3. The first-order valence-corrected chi connectivity index (χ1v) is 8.45. The Bertz CT molecular complexity index is 485. The first kappa shape index (κ1) is 19.9. The van der Waals surface area contributed by atoms with Gasteiger partial charge in [-0.25, -0.2) is 0 Å². The molecule has 0 atom stereocenters.